The largest absolute Gasteiger partial charge is 0.507 e. The molecule has 0 aliphatic carbocycles. The molecule has 0 fully saturated rings. The number of benzene rings is 3. The first-order valence-corrected chi connectivity index (χ1v) is 23.6. The number of rotatable bonds is 18. The zero-order chi connectivity index (χ0) is 48.1. The minimum absolute atomic E-state index is 0. The summed E-state index contributed by atoms with van der Waals surface area (Å²) in [4.78, 5) is 62.9. The number of aromatic hydroxyl groups is 1. The number of phenols is 1. The van der Waals surface area contributed by atoms with E-state index in [0.29, 0.717) is 16.5 Å². The summed E-state index contributed by atoms with van der Waals surface area (Å²) in [6.07, 6.45) is 28.0. The highest BCUT2D eigenvalue weighted by Crippen LogP contribution is 2.33. The maximum absolute atomic E-state index is 12.4. The number of thiophene rings is 2. The lowest BCUT2D eigenvalue weighted by atomic mass is 10.2. The molecule has 5 N–H and O–H groups in total. The molecular weight excluding hydrogens is 961 g/mol. The van der Waals surface area contributed by atoms with Crippen molar-refractivity contribution in [1.82, 2.24) is 20.8 Å². The van der Waals surface area contributed by atoms with E-state index in [1.54, 1.807) is 13.8 Å². The van der Waals surface area contributed by atoms with Crippen LogP contribution in [0.3, 0.4) is 0 Å². The molecule has 2 unspecified atom stereocenters. The molecule has 398 valence electrons. The molecule has 3 heterocycles. The molecule has 0 radical (unpaired) electrons. The molecule has 73 heavy (non-hydrogen) atoms. The predicted octanol–water partition coefficient (Wildman–Crippen LogP) is 16.6. The highest BCUT2D eigenvalue weighted by atomic mass is 32.1. The van der Waals surface area contributed by atoms with Gasteiger partial charge in [0.1, 0.15) is 16.7 Å². The Kier molecular flexibility index (Phi) is 32.9. The van der Waals surface area contributed by atoms with Crippen LogP contribution in [0.5, 0.6) is 5.75 Å². The van der Waals surface area contributed by atoms with Crippen LogP contribution in [0.4, 0.5) is 9.59 Å². The van der Waals surface area contributed by atoms with Gasteiger partial charge in [-0.15, -0.1) is 22.7 Å². The predicted molar refractivity (Wildman–Crippen MR) is 307 cm³/mol. The molecule has 0 saturated heterocycles. The Morgan fingerprint density at radius 1 is 0.616 bits per heavy atom. The minimum Gasteiger partial charge on any atom is -0.507 e. The number of fused-ring (bicyclic) bond motifs is 3. The van der Waals surface area contributed by atoms with Crippen molar-refractivity contribution in [2.24, 2.45) is 0 Å². The monoisotopic (exact) mass is 1040 g/mol. The van der Waals surface area contributed by atoms with Crippen LogP contribution >= 0.6 is 22.7 Å². The van der Waals surface area contributed by atoms with Gasteiger partial charge in [-0.25, -0.2) is 9.59 Å². The smallest absolute Gasteiger partial charge is 0.348 e. The number of nitrogens with one attached hydrogen (secondary N) is 2. The van der Waals surface area contributed by atoms with Gasteiger partial charge < -0.3 is 9.52 Å². The van der Waals surface area contributed by atoms with Crippen LogP contribution in [0.2, 0.25) is 0 Å². The number of amides is 6. The lowest BCUT2D eigenvalue weighted by molar-refractivity contribution is -0.122. The van der Waals surface area contributed by atoms with Crippen molar-refractivity contribution in [2.75, 3.05) is 0 Å². The van der Waals surface area contributed by atoms with E-state index in [-0.39, 0.29) is 73.6 Å². The van der Waals surface area contributed by atoms with Gasteiger partial charge in [0.15, 0.2) is 11.2 Å². The maximum Gasteiger partial charge on any atom is 0.348 e. The SMILES string of the molecule is C.C.C.C.C.C.CC(c1cc2ccccc2s1)N(O)C(=O)NC(=O)c1cc(=O)c2c(O)cccc2o1.CC/C=C\C/C=C\C/C=C\C/C=C\C/C=C\CCCC(=O)NC(=O)N(O)C(C)c1cc2ccccc2s1. The third kappa shape index (κ3) is 20.6. The van der Waals surface area contributed by atoms with Crippen LogP contribution in [0, 0.1) is 0 Å². The van der Waals surface area contributed by atoms with Crippen molar-refractivity contribution in [2.45, 2.75) is 129 Å². The third-order valence-electron chi connectivity index (χ3n) is 10.2. The second-order valence-corrected chi connectivity index (χ2v) is 17.5. The van der Waals surface area contributed by atoms with E-state index in [0.717, 1.165) is 74.5 Å². The molecule has 3 aromatic carbocycles. The van der Waals surface area contributed by atoms with Gasteiger partial charge in [0, 0.05) is 31.6 Å². The number of allylic oxidation sites excluding steroid dienone is 10. The number of hydrogen-bond donors (Lipinski definition) is 5. The third-order valence-corrected chi connectivity index (χ3v) is 12.8. The van der Waals surface area contributed by atoms with Crippen LogP contribution in [0.15, 0.2) is 155 Å². The number of phenolic OH excluding ortho intramolecular Hbond substituents is 1. The fourth-order valence-corrected chi connectivity index (χ4v) is 8.72. The van der Waals surface area contributed by atoms with E-state index in [1.165, 1.54) is 40.9 Å². The topological polar surface area (TPSA) is 190 Å². The number of imide groups is 2. The Hall–Kier alpha value is -6.91. The molecule has 0 aliphatic heterocycles. The number of nitrogens with zero attached hydrogens (tertiary/aromatic N) is 2. The van der Waals surface area contributed by atoms with Gasteiger partial charge in [-0.2, -0.15) is 10.1 Å². The highest BCUT2D eigenvalue weighted by molar-refractivity contribution is 7.19. The first-order chi connectivity index (χ1) is 32.4. The van der Waals surface area contributed by atoms with Gasteiger partial charge in [-0.1, -0.05) is 155 Å². The highest BCUT2D eigenvalue weighted by Gasteiger charge is 2.26. The Morgan fingerprint density at radius 3 is 1.55 bits per heavy atom. The molecule has 3 aromatic heterocycles. The minimum atomic E-state index is -1.07. The molecule has 0 bridgehead atoms. The van der Waals surface area contributed by atoms with Gasteiger partial charge in [-0.05, 0) is 106 Å². The Morgan fingerprint density at radius 2 is 1.07 bits per heavy atom. The zero-order valence-corrected chi connectivity index (χ0v) is 39.3. The quantitative estimate of drug-likeness (QED) is 0.0241. The first-order valence-electron chi connectivity index (χ1n) is 22.0. The summed E-state index contributed by atoms with van der Waals surface area (Å²) in [5.41, 5.74) is -0.633. The first kappa shape index (κ1) is 68.2. The molecule has 2 atom stereocenters. The lowest BCUT2D eigenvalue weighted by Crippen LogP contribution is -2.42. The van der Waals surface area contributed by atoms with Gasteiger partial charge in [-0.3, -0.25) is 35.4 Å². The van der Waals surface area contributed by atoms with Crippen LogP contribution in [-0.2, 0) is 4.79 Å². The molecule has 0 saturated carbocycles. The van der Waals surface area contributed by atoms with Gasteiger partial charge in [0.25, 0.3) is 5.91 Å². The molecule has 6 amide bonds. The van der Waals surface area contributed by atoms with Crippen molar-refractivity contribution in [3.8, 4) is 5.75 Å². The summed E-state index contributed by atoms with van der Waals surface area (Å²) in [7, 11) is 0. The molecule has 6 aromatic rings. The van der Waals surface area contributed by atoms with E-state index in [2.05, 4.69) is 73.0 Å². The number of carbonyl (C=O) groups is 4. The number of urea groups is 2. The normalized spacial score (nSPS) is 11.6. The van der Waals surface area contributed by atoms with E-state index < -0.39 is 41.2 Å². The van der Waals surface area contributed by atoms with Crippen LogP contribution in [0.1, 0.15) is 149 Å². The fraction of sp³-hybridized carbons (Fsp3) is 0.328. The Balaban J connectivity index is 0. The summed E-state index contributed by atoms with van der Waals surface area (Å²) in [5, 5.41) is 37.6. The number of unbranched alkanes of at least 4 members (excludes halogenated alkanes) is 1. The van der Waals surface area contributed by atoms with Crippen molar-refractivity contribution >= 4 is 77.7 Å². The summed E-state index contributed by atoms with van der Waals surface area (Å²) in [6.45, 7) is 5.49. The number of hydroxylamine groups is 4. The second kappa shape index (κ2) is 35.2. The summed E-state index contributed by atoms with van der Waals surface area (Å²) < 4.78 is 7.42. The maximum atomic E-state index is 12.4. The van der Waals surface area contributed by atoms with Crippen molar-refractivity contribution in [3.05, 3.63) is 171 Å². The van der Waals surface area contributed by atoms with E-state index in [1.807, 2.05) is 66.0 Å². The van der Waals surface area contributed by atoms with Crippen LogP contribution < -0.4 is 16.1 Å². The van der Waals surface area contributed by atoms with Crippen molar-refractivity contribution in [1.29, 1.82) is 0 Å². The Bertz CT molecular complexity index is 2770. The van der Waals surface area contributed by atoms with Gasteiger partial charge in [0.05, 0.1) is 12.1 Å². The standard InChI is InChI=1S/C31H40N2O3S.C21H16N2O6S.6CH4/c1-3-4-5-6-7-8-9-10-11-12-13-14-15-16-17-18-19-24-30(34)32-31(35)33(36)26(2)29-25-27-22-20-21-23-28(27)37-29;1-11(18-9-12-5-2-3-8-17(12)30-18)23(28)21(27)22-20(26)16-10-14(25)19-13(24)6-4-7-15(19)29-16;;;;;;/h4-5,7-8,10-11,13-14,16-17,20-23,25-26,36H,3,6,9,12,15,18-19,24H2,1-2H3,(H,32,34,35);2-11,24,28H,1H3,(H,22,26,27);6*1H4/b5-4-,8-7-,11-10-,14-13-,17-16-;;;;;;;. The van der Waals surface area contributed by atoms with Gasteiger partial charge >= 0.3 is 12.1 Å². The van der Waals surface area contributed by atoms with Crippen molar-refractivity contribution in [3.63, 3.8) is 0 Å². The Labute approximate surface area is 441 Å². The van der Waals surface area contributed by atoms with Crippen LogP contribution in [0.25, 0.3) is 31.1 Å². The number of carbonyl (C=O) groups excluding carboxylic acids is 4. The van der Waals surface area contributed by atoms with E-state index in [9.17, 15) is 39.5 Å². The van der Waals surface area contributed by atoms with Gasteiger partial charge in [0.2, 0.25) is 5.91 Å². The molecule has 0 aliphatic rings. The van der Waals surface area contributed by atoms with E-state index in [4.69, 9.17) is 4.42 Å². The van der Waals surface area contributed by atoms with Crippen LogP contribution in [-0.4, -0.2) is 49.5 Å². The second-order valence-electron chi connectivity index (χ2n) is 15.3. The van der Waals surface area contributed by atoms with Crippen molar-refractivity contribution < 1.29 is 39.1 Å². The summed E-state index contributed by atoms with van der Waals surface area (Å²) >= 11 is 2.94. The summed E-state index contributed by atoms with van der Waals surface area (Å²) in [5.74, 6) is -2.08. The molecule has 6 rings (SSSR count). The average molecular weight is 1040 g/mol. The average Bonchev–Trinajstić information content (AvgIpc) is 3.97. The lowest BCUT2D eigenvalue weighted by Gasteiger charge is -2.21. The molecule has 0 spiro atoms. The molecule has 13 nitrogen and oxygen atoms in total. The molecule has 15 heteroatoms. The molecular formula is C58H80N4O9S2. The fourth-order valence-electron chi connectivity index (χ4n) is 6.52. The van der Waals surface area contributed by atoms with E-state index >= 15 is 0 Å². The number of hydrogen-bond acceptors (Lipinski definition) is 11. The summed E-state index contributed by atoms with van der Waals surface area (Å²) in [6, 6.07) is 21.3. The zero-order valence-electron chi connectivity index (χ0n) is 37.7.